The van der Waals surface area contributed by atoms with Crippen molar-refractivity contribution >= 4 is 17.2 Å². The smallest absolute Gasteiger partial charge is 0.220 e. The van der Waals surface area contributed by atoms with E-state index in [0.29, 0.717) is 19.6 Å². The predicted octanol–water partition coefficient (Wildman–Crippen LogP) is 3.03. The molecule has 1 aromatic carbocycles. The number of carbonyl (C=O) groups is 1. The van der Waals surface area contributed by atoms with Crippen molar-refractivity contribution in [2.75, 3.05) is 13.2 Å². The molecule has 1 unspecified atom stereocenters. The summed E-state index contributed by atoms with van der Waals surface area (Å²) in [6, 6.07) is 11.7. The summed E-state index contributed by atoms with van der Waals surface area (Å²) in [7, 11) is 0. The second-order valence-corrected chi connectivity index (χ2v) is 6.27. The van der Waals surface area contributed by atoms with Gasteiger partial charge in [0.25, 0.3) is 0 Å². The van der Waals surface area contributed by atoms with Crippen LogP contribution in [0.15, 0.2) is 41.8 Å². The topological polar surface area (TPSA) is 47.6 Å². The molecule has 0 saturated heterocycles. The fraction of sp³-hybridized carbons (Fsp3) is 0.353. The molecule has 4 nitrogen and oxygen atoms in total. The van der Waals surface area contributed by atoms with Crippen LogP contribution in [-0.4, -0.2) is 25.2 Å². The highest BCUT2D eigenvalue weighted by Gasteiger charge is 2.20. The quantitative estimate of drug-likeness (QED) is 0.891. The fourth-order valence-corrected chi connectivity index (χ4v) is 3.11. The SMILES string of the molecule is O=C(CCCc1cccs1)NCC1COc2ccccc2O1. The van der Waals surface area contributed by atoms with Gasteiger partial charge in [-0.05, 0) is 36.4 Å². The number of hydrogen-bond donors (Lipinski definition) is 1. The molecule has 1 aromatic heterocycles. The number of amides is 1. The van der Waals surface area contributed by atoms with Gasteiger partial charge >= 0.3 is 0 Å². The summed E-state index contributed by atoms with van der Waals surface area (Å²) < 4.78 is 11.4. The molecule has 2 heterocycles. The molecule has 0 radical (unpaired) electrons. The van der Waals surface area contributed by atoms with Crippen LogP contribution in [0, 0.1) is 0 Å². The Morgan fingerprint density at radius 2 is 2.09 bits per heavy atom. The van der Waals surface area contributed by atoms with E-state index in [1.807, 2.05) is 30.3 Å². The number of thiophene rings is 1. The van der Waals surface area contributed by atoms with Gasteiger partial charge in [0.2, 0.25) is 5.91 Å². The molecule has 3 rings (SSSR count). The Labute approximate surface area is 134 Å². The van der Waals surface area contributed by atoms with E-state index in [1.54, 1.807) is 11.3 Å². The third kappa shape index (κ3) is 4.01. The third-order valence-electron chi connectivity index (χ3n) is 3.50. The van der Waals surface area contributed by atoms with Crippen molar-refractivity contribution in [3.8, 4) is 11.5 Å². The van der Waals surface area contributed by atoms with Gasteiger partial charge in [0, 0.05) is 11.3 Å². The molecule has 0 saturated carbocycles. The van der Waals surface area contributed by atoms with Gasteiger partial charge in [-0.3, -0.25) is 4.79 Å². The summed E-state index contributed by atoms with van der Waals surface area (Å²) in [6.45, 7) is 0.943. The first-order chi connectivity index (χ1) is 10.8. The van der Waals surface area contributed by atoms with E-state index in [0.717, 1.165) is 24.3 Å². The lowest BCUT2D eigenvalue weighted by atomic mass is 10.2. The van der Waals surface area contributed by atoms with Gasteiger partial charge < -0.3 is 14.8 Å². The van der Waals surface area contributed by atoms with Crippen LogP contribution < -0.4 is 14.8 Å². The number of hydrogen-bond acceptors (Lipinski definition) is 4. The zero-order valence-electron chi connectivity index (χ0n) is 12.3. The summed E-state index contributed by atoms with van der Waals surface area (Å²) in [5, 5.41) is 4.99. The molecule has 1 aliphatic rings. The number of fused-ring (bicyclic) bond motifs is 1. The Morgan fingerprint density at radius 3 is 2.91 bits per heavy atom. The number of aryl methyl sites for hydroxylation is 1. The number of rotatable bonds is 6. The van der Waals surface area contributed by atoms with Crippen molar-refractivity contribution in [2.45, 2.75) is 25.4 Å². The van der Waals surface area contributed by atoms with Crippen molar-refractivity contribution in [1.29, 1.82) is 0 Å². The van der Waals surface area contributed by atoms with E-state index < -0.39 is 0 Å². The third-order valence-corrected chi connectivity index (χ3v) is 4.44. The van der Waals surface area contributed by atoms with Crippen LogP contribution in [0.1, 0.15) is 17.7 Å². The second-order valence-electron chi connectivity index (χ2n) is 5.23. The van der Waals surface area contributed by atoms with Crippen LogP contribution >= 0.6 is 11.3 Å². The van der Waals surface area contributed by atoms with Gasteiger partial charge in [0.1, 0.15) is 12.7 Å². The fourth-order valence-electron chi connectivity index (χ4n) is 2.36. The lowest BCUT2D eigenvalue weighted by Crippen LogP contribution is -2.40. The van der Waals surface area contributed by atoms with E-state index in [-0.39, 0.29) is 12.0 Å². The highest BCUT2D eigenvalue weighted by Crippen LogP contribution is 2.30. The maximum atomic E-state index is 11.9. The molecule has 0 bridgehead atoms. The Hall–Kier alpha value is -2.01. The minimum absolute atomic E-state index is 0.0685. The maximum absolute atomic E-state index is 11.9. The van der Waals surface area contributed by atoms with Crippen molar-refractivity contribution in [1.82, 2.24) is 5.32 Å². The molecular weight excluding hydrogens is 298 g/mol. The first kappa shape index (κ1) is 14.9. The van der Waals surface area contributed by atoms with Crippen LogP contribution in [0.25, 0.3) is 0 Å². The van der Waals surface area contributed by atoms with Gasteiger partial charge in [-0.1, -0.05) is 18.2 Å². The molecule has 0 aliphatic carbocycles. The molecule has 1 aliphatic heterocycles. The Balaban J connectivity index is 1.37. The molecule has 1 amide bonds. The summed E-state index contributed by atoms with van der Waals surface area (Å²) in [5.74, 6) is 1.57. The zero-order chi connectivity index (χ0) is 15.2. The van der Waals surface area contributed by atoms with E-state index in [2.05, 4.69) is 16.8 Å². The first-order valence-electron chi connectivity index (χ1n) is 7.49. The molecule has 0 fully saturated rings. The van der Waals surface area contributed by atoms with Crippen LogP contribution in [0.4, 0.5) is 0 Å². The normalized spacial score (nSPS) is 16.3. The van der Waals surface area contributed by atoms with Gasteiger partial charge in [-0.25, -0.2) is 0 Å². The minimum atomic E-state index is -0.129. The predicted molar refractivity (Wildman–Crippen MR) is 86.6 cm³/mol. The van der Waals surface area contributed by atoms with Gasteiger partial charge in [-0.15, -0.1) is 11.3 Å². The molecule has 5 heteroatoms. The second kappa shape index (κ2) is 7.31. The number of para-hydroxylation sites is 2. The van der Waals surface area contributed by atoms with E-state index >= 15 is 0 Å². The van der Waals surface area contributed by atoms with E-state index in [9.17, 15) is 4.79 Å². The number of carbonyl (C=O) groups excluding carboxylic acids is 1. The highest BCUT2D eigenvalue weighted by atomic mass is 32.1. The summed E-state index contributed by atoms with van der Waals surface area (Å²) >= 11 is 1.74. The van der Waals surface area contributed by atoms with Gasteiger partial charge in [-0.2, -0.15) is 0 Å². The van der Waals surface area contributed by atoms with Crippen molar-refractivity contribution in [3.63, 3.8) is 0 Å². The van der Waals surface area contributed by atoms with Crippen molar-refractivity contribution < 1.29 is 14.3 Å². The Bertz CT molecular complexity index is 612. The van der Waals surface area contributed by atoms with Crippen molar-refractivity contribution in [3.05, 3.63) is 46.7 Å². The van der Waals surface area contributed by atoms with Crippen molar-refractivity contribution in [2.24, 2.45) is 0 Å². The maximum Gasteiger partial charge on any atom is 0.220 e. The van der Waals surface area contributed by atoms with Gasteiger partial charge in [0.05, 0.1) is 6.54 Å². The summed E-state index contributed by atoms with van der Waals surface area (Å²) in [6.07, 6.45) is 2.25. The molecule has 1 atom stereocenters. The van der Waals surface area contributed by atoms with Crippen LogP contribution in [0.5, 0.6) is 11.5 Å². The number of nitrogens with one attached hydrogen (secondary N) is 1. The van der Waals surface area contributed by atoms with E-state index in [1.165, 1.54) is 4.88 Å². The summed E-state index contributed by atoms with van der Waals surface area (Å²) in [5.41, 5.74) is 0. The standard InChI is InChI=1S/C17H19NO3S/c19-17(9-3-5-14-6-4-10-22-14)18-11-13-12-20-15-7-1-2-8-16(15)21-13/h1-2,4,6-8,10,13H,3,5,9,11-12H2,(H,18,19). The van der Waals surface area contributed by atoms with Crippen LogP contribution in [0.2, 0.25) is 0 Å². The van der Waals surface area contributed by atoms with E-state index in [4.69, 9.17) is 9.47 Å². The monoisotopic (exact) mass is 317 g/mol. The number of ether oxygens (including phenoxy) is 2. The molecule has 2 aromatic rings. The summed E-state index contributed by atoms with van der Waals surface area (Å²) in [4.78, 5) is 13.2. The Morgan fingerprint density at radius 1 is 1.23 bits per heavy atom. The largest absolute Gasteiger partial charge is 0.486 e. The zero-order valence-corrected chi connectivity index (χ0v) is 13.1. The van der Waals surface area contributed by atoms with Crippen LogP contribution in [-0.2, 0) is 11.2 Å². The average molecular weight is 317 g/mol. The average Bonchev–Trinajstić information content (AvgIpc) is 3.06. The lowest BCUT2D eigenvalue weighted by Gasteiger charge is -2.26. The molecule has 1 N–H and O–H groups in total. The first-order valence-corrected chi connectivity index (χ1v) is 8.37. The van der Waals surface area contributed by atoms with Crippen LogP contribution in [0.3, 0.4) is 0 Å². The molecule has 0 spiro atoms. The number of benzene rings is 1. The highest BCUT2D eigenvalue weighted by molar-refractivity contribution is 7.09. The van der Waals surface area contributed by atoms with Gasteiger partial charge in [0.15, 0.2) is 11.5 Å². The minimum Gasteiger partial charge on any atom is -0.486 e. The Kier molecular flexibility index (Phi) is 4.96. The molecule has 22 heavy (non-hydrogen) atoms. The lowest BCUT2D eigenvalue weighted by molar-refractivity contribution is -0.121. The molecular formula is C17H19NO3S. The molecule has 116 valence electrons.